The first-order chi connectivity index (χ1) is 14.1. The predicted octanol–water partition coefficient (Wildman–Crippen LogP) is 4.39. The van der Waals surface area contributed by atoms with Crippen LogP contribution in [0.4, 0.5) is 15.3 Å². The Labute approximate surface area is 171 Å². The van der Waals surface area contributed by atoms with Crippen molar-refractivity contribution in [3.63, 3.8) is 0 Å². The summed E-state index contributed by atoms with van der Waals surface area (Å²) in [6.07, 6.45) is 0.345. The van der Waals surface area contributed by atoms with E-state index in [1.54, 1.807) is 26.3 Å². The van der Waals surface area contributed by atoms with Crippen LogP contribution in [0.2, 0.25) is 0 Å². The first kappa shape index (κ1) is 19.2. The summed E-state index contributed by atoms with van der Waals surface area (Å²) >= 11 is 1.53. The second-order valence-electron chi connectivity index (χ2n) is 6.61. The molecule has 0 radical (unpaired) electrons. The number of amides is 1. The van der Waals surface area contributed by atoms with Gasteiger partial charge in [-0.15, -0.1) is 0 Å². The molecule has 0 saturated carbocycles. The molecule has 0 fully saturated rings. The summed E-state index contributed by atoms with van der Waals surface area (Å²) in [5.41, 5.74) is 1.81. The number of nitrogens with one attached hydrogen (secondary N) is 2. The Bertz CT molecular complexity index is 1040. The van der Waals surface area contributed by atoms with Gasteiger partial charge in [-0.25, -0.2) is 9.37 Å². The first-order valence-corrected chi connectivity index (χ1v) is 9.92. The molecule has 1 aliphatic heterocycles. The zero-order chi connectivity index (χ0) is 20.4. The first-order valence-electron chi connectivity index (χ1n) is 9.11. The number of carbonyl (C=O) groups excluding carboxylic acids is 1. The quantitative estimate of drug-likeness (QED) is 0.627. The summed E-state index contributed by atoms with van der Waals surface area (Å²) in [6.45, 7) is 0.298. The summed E-state index contributed by atoms with van der Waals surface area (Å²) in [7, 11) is 3.38. The van der Waals surface area contributed by atoms with Crippen LogP contribution in [0.1, 0.15) is 28.3 Å². The third kappa shape index (κ3) is 4.02. The van der Waals surface area contributed by atoms with Gasteiger partial charge in [0.05, 0.1) is 12.0 Å². The van der Waals surface area contributed by atoms with Crippen LogP contribution in [-0.4, -0.2) is 25.0 Å². The molecule has 1 aromatic heterocycles. The highest BCUT2D eigenvalue weighted by Crippen LogP contribution is 2.44. The van der Waals surface area contributed by atoms with E-state index >= 15 is 0 Å². The van der Waals surface area contributed by atoms with Crippen molar-refractivity contribution < 1.29 is 18.7 Å². The van der Waals surface area contributed by atoms with Gasteiger partial charge in [0.2, 0.25) is 5.91 Å². The number of hydrogen-bond donors (Lipinski definition) is 2. The maximum absolute atomic E-state index is 13.1. The molecule has 0 aliphatic carbocycles. The maximum Gasteiger partial charge on any atom is 0.226 e. The molecule has 29 heavy (non-hydrogen) atoms. The molecule has 0 bridgehead atoms. The van der Waals surface area contributed by atoms with E-state index in [0.717, 1.165) is 21.1 Å². The van der Waals surface area contributed by atoms with E-state index in [4.69, 9.17) is 9.47 Å². The van der Waals surface area contributed by atoms with Gasteiger partial charge in [-0.3, -0.25) is 4.79 Å². The minimum Gasteiger partial charge on any atom is -0.493 e. The van der Waals surface area contributed by atoms with Gasteiger partial charge in [0.25, 0.3) is 0 Å². The van der Waals surface area contributed by atoms with Gasteiger partial charge in [0.1, 0.15) is 18.2 Å². The van der Waals surface area contributed by atoms with Crippen molar-refractivity contribution in [2.75, 3.05) is 24.8 Å². The van der Waals surface area contributed by atoms with Crippen LogP contribution < -0.4 is 20.1 Å². The largest absolute Gasteiger partial charge is 0.493 e. The van der Waals surface area contributed by atoms with Crippen molar-refractivity contribution in [1.29, 1.82) is 0 Å². The number of carbonyl (C=O) groups is 1. The number of benzene rings is 2. The molecule has 1 atom stereocenters. The van der Waals surface area contributed by atoms with Gasteiger partial charge in [0.15, 0.2) is 16.6 Å². The zero-order valence-corrected chi connectivity index (χ0v) is 16.8. The van der Waals surface area contributed by atoms with Gasteiger partial charge in [-0.05, 0) is 35.4 Å². The monoisotopic (exact) mass is 413 g/mol. The lowest BCUT2D eigenvalue weighted by molar-refractivity contribution is -0.116. The highest BCUT2D eigenvalue weighted by Gasteiger charge is 2.30. The predicted molar refractivity (Wildman–Crippen MR) is 110 cm³/mol. The van der Waals surface area contributed by atoms with Crippen molar-refractivity contribution in [1.82, 2.24) is 4.98 Å². The summed E-state index contributed by atoms with van der Waals surface area (Å²) in [5.74, 6) is 1.33. The van der Waals surface area contributed by atoms with Crippen LogP contribution in [0, 0.1) is 5.82 Å². The van der Waals surface area contributed by atoms with Gasteiger partial charge < -0.3 is 20.1 Å². The van der Waals surface area contributed by atoms with Crippen LogP contribution >= 0.6 is 11.3 Å². The topological polar surface area (TPSA) is 72.5 Å². The number of nitrogens with zero attached hydrogens (tertiary/aromatic N) is 1. The van der Waals surface area contributed by atoms with Gasteiger partial charge in [-0.2, -0.15) is 0 Å². The molecule has 2 heterocycles. The second kappa shape index (κ2) is 8.08. The molecular weight excluding hydrogens is 393 g/mol. The minimum atomic E-state index is -0.281. The molecule has 3 aromatic rings. The van der Waals surface area contributed by atoms with Gasteiger partial charge in [0, 0.05) is 19.4 Å². The Balaban J connectivity index is 1.59. The summed E-state index contributed by atoms with van der Waals surface area (Å²) in [4.78, 5) is 17.6. The fraction of sp³-hybridized carbons (Fsp3) is 0.238. The molecule has 1 amide bonds. The average molecular weight is 413 g/mol. The van der Waals surface area contributed by atoms with E-state index in [2.05, 4.69) is 15.6 Å². The number of ether oxygens (including phenoxy) is 2. The van der Waals surface area contributed by atoms with E-state index in [9.17, 15) is 9.18 Å². The Morgan fingerprint density at radius 2 is 2.03 bits per heavy atom. The van der Waals surface area contributed by atoms with Crippen molar-refractivity contribution in [2.45, 2.75) is 18.9 Å². The van der Waals surface area contributed by atoms with Crippen molar-refractivity contribution in [2.24, 2.45) is 0 Å². The molecular formula is C21H20FN3O3S. The normalized spacial score (nSPS) is 15.4. The average Bonchev–Trinajstić information content (AvgIpc) is 3.15. The second-order valence-corrected chi connectivity index (χ2v) is 7.64. The van der Waals surface area contributed by atoms with E-state index < -0.39 is 0 Å². The van der Waals surface area contributed by atoms with E-state index in [1.165, 1.54) is 23.5 Å². The molecule has 1 aliphatic rings. The number of fused-ring (bicyclic) bond motifs is 1. The Morgan fingerprint density at radius 1 is 1.24 bits per heavy atom. The third-order valence-corrected chi connectivity index (χ3v) is 5.92. The lowest BCUT2D eigenvalue weighted by atomic mass is 9.91. The van der Waals surface area contributed by atoms with Crippen LogP contribution in [0.5, 0.6) is 11.5 Å². The number of aromatic nitrogens is 1. The van der Waals surface area contributed by atoms with E-state index in [1.807, 2.05) is 18.2 Å². The molecule has 4 rings (SSSR count). The Morgan fingerprint density at radius 3 is 2.76 bits per heavy atom. The maximum atomic E-state index is 13.1. The third-order valence-electron chi connectivity index (χ3n) is 4.73. The lowest BCUT2D eigenvalue weighted by Gasteiger charge is -2.22. The summed E-state index contributed by atoms with van der Waals surface area (Å²) in [5, 5.41) is 6.62. The van der Waals surface area contributed by atoms with Crippen LogP contribution in [0.3, 0.4) is 0 Å². The fourth-order valence-corrected chi connectivity index (χ4v) is 4.26. The smallest absolute Gasteiger partial charge is 0.226 e. The van der Waals surface area contributed by atoms with Gasteiger partial charge in [-0.1, -0.05) is 29.5 Å². The standard InChI is InChI=1S/C21H20FN3O3S/c1-23-21-25-20-19(29-21)15(10-18(26)24-20)13-5-8-16(17(9-13)27-2)28-11-12-3-6-14(22)7-4-12/h3-9,15H,10-11H2,1-2H3,(H,23,25)(H,24,26)/t15-/m0/s1. The number of thiazole rings is 1. The number of halogens is 1. The molecule has 2 aromatic carbocycles. The molecule has 150 valence electrons. The summed E-state index contributed by atoms with van der Waals surface area (Å²) < 4.78 is 24.4. The number of rotatable bonds is 6. The number of methoxy groups -OCH3 is 1. The molecule has 2 N–H and O–H groups in total. The molecule has 0 unspecified atom stereocenters. The number of anilines is 2. The van der Waals surface area contributed by atoms with Crippen LogP contribution in [0.25, 0.3) is 0 Å². The van der Waals surface area contributed by atoms with Crippen LogP contribution in [-0.2, 0) is 11.4 Å². The molecule has 0 spiro atoms. The number of hydrogen-bond acceptors (Lipinski definition) is 6. The highest BCUT2D eigenvalue weighted by molar-refractivity contribution is 7.16. The highest BCUT2D eigenvalue weighted by atomic mass is 32.1. The lowest BCUT2D eigenvalue weighted by Crippen LogP contribution is -2.22. The summed E-state index contributed by atoms with van der Waals surface area (Å²) in [6, 6.07) is 11.8. The van der Waals surface area contributed by atoms with Crippen molar-refractivity contribution in [3.8, 4) is 11.5 Å². The fourth-order valence-electron chi connectivity index (χ4n) is 3.26. The van der Waals surface area contributed by atoms with Crippen LogP contribution in [0.15, 0.2) is 42.5 Å². The molecule has 6 nitrogen and oxygen atoms in total. The Kier molecular flexibility index (Phi) is 5.35. The van der Waals surface area contributed by atoms with E-state index in [0.29, 0.717) is 30.3 Å². The minimum absolute atomic E-state index is 0.0638. The molecule has 0 saturated heterocycles. The zero-order valence-electron chi connectivity index (χ0n) is 16.0. The van der Waals surface area contributed by atoms with E-state index in [-0.39, 0.29) is 17.6 Å². The molecule has 8 heteroatoms. The SMILES string of the molecule is CNc1nc2c(s1)[C@H](c1ccc(OCc3ccc(F)cc3)c(OC)c1)CC(=O)N2. The Hall–Kier alpha value is -3.13. The van der Waals surface area contributed by atoms with Gasteiger partial charge >= 0.3 is 0 Å². The van der Waals surface area contributed by atoms with Crippen molar-refractivity contribution >= 4 is 28.2 Å². The van der Waals surface area contributed by atoms with Crippen molar-refractivity contribution in [3.05, 3.63) is 64.3 Å².